The van der Waals surface area contributed by atoms with Crippen molar-refractivity contribution in [3.8, 4) is 28.1 Å². The fourth-order valence-corrected chi connectivity index (χ4v) is 5.90. The highest BCUT2D eigenvalue weighted by molar-refractivity contribution is 5.80. The zero-order valence-corrected chi connectivity index (χ0v) is 27.5. The van der Waals surface area contributed by atoms with Crippen LogP contribution in [0.2, 0.25) is 0 Å². The molecule has 1 aliphatic heterocycles. The molecule has 1 fully saturated rings. The maximum Gasteiger partial charge on any atom is 0.337 e. The number of rotatable bonds is 12. The van der Waals surface area contributed by atoms with E-state index in [1.54, 1.807) is 11.4 Å². The van der Waals surface area contributed by atoms with Gasteiger partial charge in [-0.05, 0) is 71.2 Å². The molecular weight excluding hydrogens is 607 g/mol. The van der Waals surface area contributed by atoms with Crippen LogP contribution in [0.4, 0.5) is 10.2 Å². The van der Waals surface area contributed by atoms with Crippen LogP contribution in [0.5, 0.6) is 5.75 Å². The van der Waals surface area contributed by atoms with Gasteiger partial charge >= 0.3 is 5.97 Å². The van der Waals surface area contributed by atoms with Crippen molar-refractivity contribution in [3.63, 3.8) is 0 Å². The van der Waals surface area contributed by atoms with E-state index < -0.39 is 29.1 Å². The van der Waals surface area contributed by atoms with E-state index in [1.165, 1.54) is 12.1 Å². The van der Waals surface area contributed by atoms with Gasteiger partial charge in [-0.15, -0.1) is 0 Å². The van der Waals surface area contributed by atoms with Gasteiger partial charge in [-0.1, -0.05) is 18.2 Å². The molecule has 1 unspecified atom stereocenters. The Kier molecular flexibility index (Phi) is 10.2. The Morgan fingerprint density at radius 3 is 2.45 bits per heavy atom. The van der Waals surface area contributed by atoms with Gasteiger partial charge < -0.3 is 34.4 Å². The molecule has 1 atom stereocenters. The van der Waals surface area contributed by atoms with Crippen molar-refractivity contribution >= 4 is 17.4 Å². The number of piperidine rings is 1. The number of aliphatic hydroxyl groups is 1. The molecule has 5 rings (SSSR count). The van der Waals surface area contributed by atoms with Gasteiger partial charge in [0.2, 0.25) is 0 Å². The number of carbonyl (C=O) groups is 1. The van der Waals surface area contributed by atoms with E-state index in [4.69, 9.17) is 29.4 Å². The zero-order valence-electron chi connectivity index (χ0n) is 27.5. The van der Waals surface area contributed by atoms with Gasteiger partial charge in [0.05, 0.1) is 48.9 Å². The summed E-state index contributed by atoms with van der Waals surface area (Å²) in [6, 6.07) is 13.1. The van der Waals surface area contributed by atoms with E-state index in [0.717, 1.165) is 11.6 Å². The van der Waals surface area contributed by atoms with E-state index in [1.807, 2.05) is 51.1 Å². The van der Waals surface area contributed by atoms with Gasteiger partial charge in [-0.2, -0.15) is 9.61 Å². The average Bonchev–Trinajstić information content (AvgIpc) is 3.43. The molecule has 0 amide bonds. The molecule has 1 aliphatic rings. The Balaban J connectivity index is 1.56. The molecule has 2 aromatic heterocycles. The molecule has 252 valence electrons. The summed E-state index contributed by atoms with van der Waals surface area (Å²) in [5, 5.41) is 34.7. The quantitative estimate of drug-likeness (QED) is 0.168. The molecule has 0 bridgehead atoms. The maximum atomic E-state index is 13.7. The van der Waals surface area contributed by atoms with Crippen LogP contribution in [-0.4, -0.2) is 86.6 Å². The molecule has 2 aromatic carbocycles. The molecule has 0 saturated carbocycles. The molecule has 1 saturated heterocycles. The number of phenolic OH excluding ortho intramolecular Hbond substituents is 1. The van der Waals surface area contributed by atoms with Crippen molar-refractivity contribution in [2.45, 2.75) is 64.8 Å². The van der Waals surface area contributed by atoms with Crippen molar-refractivity contribution in [1.29, 1.82) is 0 Å². The second-order valence-corrected chi connectivity index (χ2v) is 13.0. The molecule has 0 aliphatic carbocycles. The molecule has 3 N–H and O–H groups in total. The van der Waals surface area contributed by atoms with E-state index in [9.17, 15) is 19.4 Å². The van der Waals surface area contributed by atoms with Crippen LogP contribution >= 0.6 is 0 Å². The Bertz CT molecular complexity index is 1730. The Morgan fingerprint density at radius 1 is 1.06 bits per heavy atom. The number of aliphatic carboxylic acids is 1. The highest BCUT2D eigenvalue weighted by Gasteiger charge is 2.37. The number of aromatic hydroxyl groups is 1. The van der Waals surface area contributed by atoms with Crippen molar-refractivity contribution in [2.24, 2.45) is 0 Å². The van der Waals surface area contributed by atoms with E-state index >= 15 is 0 Å². The number of ether oxygens (including phenoxy) is 3. The maximum absolute atomic E-state index is 13.7. The summed E-state index contributed by atoms with van der Waals surface area (Å²) >= 11 is 0. The molecule has 0 spiro atoms. The van der Waals surface area contributed by atoms with Crippen LogP contribution < -0.4 is 4.90 Å². The number of halogens is 1. The third-order valence-corrected chi connectivity index (χ3v) is 8.23. The number of aliphatic hydroxyl groups excluding tert-OH is 1. The predicted molar refractivity (Wildman–Crippen MR) is 175 cm³/mol. The number of anilines is 1. The van der Waals surface area contributed by atoms with Crippen LogP contribution in [-0.2, 0) is 19.0 Å². The Morgan fingerprint density at radius 2 is 1.79 bits per heavy atom. The van der Waals surface area contributed by atoms with E-state index in [2.05, 4.69) is 11.8 Å². The first kappa shape index (κ1) is 34.2. The summed E-state index contributed by atoms with van der Waals surface area (Å²) in [7, 11) is 0. The van der Waals surface area contributed by atoms with Crippen molar-refractivity contribution < 1.29 is 38.7 Å². The van der Waals surface area contributed by atoms with Gasteiger partial charge in [-0.3, -0.25) is 0 Å². The normalized spacial score (nSPS) is 15.7. The SMILES string of the molecule is Cc1nc2cc(-c3cccc(-c4ccc(F)cc4O)c3)nn2c(N2CCC(C)(OCCOCCO)CC2)c1C(OC(C)(C)C)C(=O)O. The third kappa shape index (κ3) is 7.90. The summed E-state index contributed by atoms with van der Waals surface area (Å²) in [6.07, 6.45) is 0.0437. The summed E-state index contributed by atoms with van der Waals surface area (Å²) < 4.78 is 33.0. The minimum Gasteiger partial charge on any atom is -0.507 e. The fourth-order valence-electron chi connectivity index (χ4n) is 5.90. The number of aryl methyl sites for hydroxylation is 1. The monoisotopic (exact) mass is 650 g/mol. The van der Waals surface area contributed by atoms with Gasteiger partial charge in [0.15, 0.2) is 11.8 Å². The lowest BCUT2D eigenvalue weighted by atomic mass is 9.92. The number of hydrogen-bond donors (Lipinski definition) is 3. The highest BCUT2D eigenvalue weighted by Crippen LogP contribution is 2.39. The van der Waals surface area contributed by atoms with Crippen LogP contribution in [0, 0.1) is 12.7 Å². The first-order valence-corrected chi connectivity index (χ1v) is 15.8. The number of carboxylic acids is 1. The van der Waals surface area contributed by atoms with Gasteiger partial charge in [0, 0.05) is 42.0 Å². The first-order chi connectivity index (χ1) is 22.3. The lowest BCUT2D eigenvalue weighted by Gasteiger charge is -2.41. The fraction of sp³-hybridized carbons (Fsp3) is 0.457. The molecule has 3 heterocycles. The van der Waals surface area contributed by atoms with E-state index in [0.29, 0.717) is 78.7 Å². The van der Waals surface area contributed by atoms with Crippen LogP contribution in [0.1, 0.15) is 57.9 Å². The van der Waals surface area contributed by atoms with Crippen LogP contribution in [0.25, 0.3) is 28.0 Å². The number of hydrogen-bond acceptors (Lipinski definition) is 9. The molecule has 0 radical (unpaired) electrons. The molecule has 4 aromatic rings. The minimum absolute atomic E-state index is 0.0386. The number of aromatic nitrogens is 3. The van der Waals surface area contributed by atoms with Crippen LogP contribution in [0.3, 0.4) is 0 Å². The summed E-state index contributed by atoms with van der Waals surface area (Å²) in [4.78, 5) is 19.7. The lowest BCUT2D eigenvalue weighted by molar-refractivity contribution is -0.160. The second kappa shape index (κ2) is 13.9. The number of carboxylic acid groups (broad SMARTS) is 1. The number of fused-ring (bicyclic) bond motifs is 1. The van der Waals surface area contributed by atoms with E-state index in [-0.39, 0.29) is 19.0 Å². The van der Waals surface area contributed by atoms with Crippen molar-refractivity contribution in [3.05, 3.63) is 65.6 Å². The predicted octanol–water partition coefficient (Wildman–Crippen LogP) is 5.54. The van der Waals surface area contributed by atoms with Crippen LogP contribution in [0.15, 0.2) is 48.5 Å². The average molecular weight is 651 g/mol. The largest absolute Gasteiger partial charge is 0.507 e. The smallest absolute Gasteiger partial charge is 0.337 e. The lowest BCUT2D eigenvalue weighted by Crippen LogP contribution is -2.46. The summed E-state index contributed by atoms with van der Waals surface area (Å²) in [6.45, 7) is 11.4. The topological polar surface area (TPSA) is 139 Å². The third-order valence-electron chi connectivity index (χ3n) is 8.23. The molecule has 47 heavy (non-hydrogen) atoms. The Labute approximate surface area is 273 Å². The second-order valence-electron chi connectivity index (χ2n) is 13.0. The Hall–Kier alpha value is -4.10. The number of nitrogens with zero attached hydrogens (tertiary/aromatic N) is 4. The van der Waals surface area contributed by atoms with Crippen molar-refractivity contribution in [2.75, 3.05) is 44.4 Å². The van der Waals surface area contributed by atoms with Crippen molar-refractivity contribution in [1.82, 2.24) is 14.6 Å². The first-order valence-electron chi connectivity index (χ1n) is 15.8. The number of phenols is 1. The number of benzene rings is 2. The van der Waals surface area contributed by atoms with Gasteiger partial charge in [0.25, 0.3) is 0 Å². The molecular formula is C35H43FN4O7. The molecule has 12 heteroatoms. The summed E-state index contributed by atoms with van der Waals surface area (Å²) in [5.74, 6) is -1.23. The minimum atomic E-state index is -1.30. The summed E-state index contributed by atoms with van der Waals surface area (Å²) in [5.41, 5.74) is 2.83. The zero-order chi connectivity index (χ0) is 33.9. The highest BCUT2D eigenvalue weighted by atomic mass is 19.1. The molecule has 11 nitrogen and oxygen atoms in total. The van der Waals surface area contributed by atoms with Gasteiger partial charge in [-0.25, -0.2) is 14.2 Å². The standard InChI is InChI=1S/C35H43FN4O7/c1-22-30(31(33(43)44)47-34(2,3)4)32(39-13-11-35(5,12-14-39)46-18-17-45-16-15-41)40-29(37-22)21-27(38-40)24-8-6-7-23(19-24)26-10-9-25(36)20-28(26)42/h6-10,19-21,31,41-42H,11-18H2,1-5H3,(H,43,44). The van der Waals surface area contributed by atoms with Gasteiger partial charge in [0.1, 0.15) is 17.4 Å².